The summed E-state index contributed by atoms with van der Waals surface area (Å²) in [5.41, 5.74) is 6.37. The van der Waals surface area contributed by atoms with E-state index in [-0.39, 0.29) is 0 Å². The number of nitrogens with zero attached hydrogens (tertiary/aromatic N) is 1. The van der Waals surface area contributed by atoms with Crippen molar-refractivity contribution in [3.63, 3.8) is 0 Å². The minimum absolute atomic E-state index is 0.363. The maximum atomic E-state index is 4.39. The lowest BCUT2D eigenvalue weighted by Gasteiger charge is -2.57. The second kappa shape index (κ2) is 5.97. The summed E-state index contributed by atoms with van der Waals surface area (Å²) in [4.78, 5) is 4.39. The zero-order chi connectivity index (χ0) is 19.0. The van der Waals surface area contributed by atoms with E-state index in [0.29, 0.717) is 23.3 Å². The van der Waals surface area contributed by atoms with Crippen LogP contribution in [0.1, 0.15) is 73.6 Å². The Morgan fingerprint density at radius 1 is 0.966 bits per heavy atom. The fraction of sp³-hybridized carbons (Fsp3) is 0.519. The smallest absolute Gasteiger partial charge is 0.0569 e. The highest BCUT2D eigenvalue weighted by atomic mass is 15.0. The van der Waals surface area contributed by atoms with Gasteiger partial charge < -0.3 is 5.32 Å². The van der Waals surface area contributed by atoms with Gasteiger partial charge in [0.05, 0.1) is 6.04 Å². The molecule has 4 saturated carbocycles. The van der Waals surface area contributed by atoms with Crippen LogP contribution in [0.5, 0.6) is 0 Å². The van der Waals surface area contributed by atoms with Gasteiger partial charge in [0.1, 0.15) is 0 Å². The van der Waals surface area contributed by atoms with Gasteiger partial charge in [0.15, 0.2) is 0 Å². The molecule has 8 rings (SSSR count). The molecule has 0 unspecified atom stereocenters. The fourth-order valence-electron chi connectivity index (χ4n) is 8.28. The predicted octanol–water partition coefficient (Wildman–Crippen LogP) is 6.38. The van der Waals surface area contributed by atoms with E-state index in [0.717, 1.165) is 24.2 Å². The Balaban J connectivity index is 1.29. The molecule has 148 valence electrons. The van der Waals surface area contributed by atoms with E-state index in [4.69, 9.17) is 0 Å². The van der Waals surface area contributed by atoms with Crippen molar-refractivity contribution in [2.24, 2.45) is 23.7 Å². The number of fused-ring (bicyclic) bond motifs is 3. The van der Waals surface area contributed by atoms with Crippen LogP contribution in [0.25, 0.3) is 0 Å². The second-order valence-corrected chi connectivity index (χ2v) is 10.8. The molecule has 0 saturated heterocycles. The van der Waals surface area contributed by atoms with Gasteiger partial charge in [-0.05, 0) is 103 Å². The van der Waals surface area contributed by atoms with Crippen molar-refractivity contribution < 1.29 is 0 Å². The van der Waals surface area contributed by atoms with Gasteiger partial charge in [-0.25, -0.2) is 0 Å². The molecule has 1 aliphatic heterocycles. The average molecular weight is 383 g/mol. The Labute approximate surface area is 173 Å². The molecule has 2 nitrogen and oxygen atoms in total. The number of rotatable bonds is 2. The number of nitrogens with one attached hydrogen (secondary N) is 1. The number of hydrogen-bond acceptors (Lipinski definition) is 2. The molecule has 5 aliphatic carbocycles. The highest BCUT2D eigenvalue weighted by Gasteiger charge is 2.52. The number of benzene rings is 1. The van der Waals surface area contributed by atoms with Crippen LogP contribution < -0.4 is 5.32 Å². The van der Waals surface area contributed by atoms with Crippen LogP contribution in [0.2, 0.25) is 0 Å². The van der Waals surface area contributed by atoms with E-state index in [1.54, 1.807) is 11.1 Å². The fourth-order valence-corrected chi connectivity index (χ4v) is 8.28. The molecule has 1 N–H and O–H groups in total. The van der Waals surface area contributed by atoms with Gasteiger partial charge in [-0.1, -0.05) is 30.4 Å². The van der Waals surface area contributed by atoms with E-state index >= 15 is 0 Å². The zero-order valence-corrected chi connectivity index (χ0v) is 17.1. The van der Waals surface area contributed by atoms with Crippen LogP contribution >= 0.6 is 0 Å². The summed E-state index contributed by atoms with van der Waals surface area (Å²) >= 11 is 0. The van der Waals surface area contributed by atoms with Crippen molar-refractivity contribution in [1.29, 1.82) is 0 Å². The molecule has 4 bridgehead atoms. The molecule has 1 aromatic carbocycles. The van der Waals surface area contributed by atoms with Crippen LogP contribution in [0.3, 0.4) is 0 Å². The third-order valence-corrected chi connectivity index (χ3v) is 9.06. The first kappa shape index (κ1) is 16.7. The molecule has 0 spiro atoms. The van der Waals surface area contributed by atoms with Crippen LogP contribution in [-0.2, 0) is 5.41 Å². The molecule has 1 aromatic heterocycles. The van der Waals surface area contributed by atoms with Crippen molar-refractivity contribution in [2.75, 3.05) is 5.32 Å². The Kier molecular flexibility index (Phi) is 3.43. The Hall–Kier alpha value is -2.09. The summed E-state index contributed by atoms with van der Waals surface area (Å²) in [6.45, 7) is 0. The van der Waals surface area contributed by atoms with Gasteiger partial charge in [-0.3, -0.25) is 4.98 Å². The summed E-state index contributed by atoms with van der Waals surface area (Å²) in [7, 11) is 0. The zero-order valence-electron chi connectivity index (χ0n) is 17.1. The second-order valence-electron chi connectivity index (χ2n) is 10.8. The molecule has 0 amide bonds. The summed E-state index contributed by atoms with van der Waals surface area (Å²) < 4.78 is 0. The molecule has 2 heterocycles. The molecule has 4 fully saturated rings. The van der Waals surface area contributed by atoms with E-state index in [1.807, 2.05) is 12.4 Å². The molecular weight excluding hydrogens is 352 g/mol. The van der Waals surface area contributed by atoms with E-state index in [1.165, 1.54) is 49.8 Å². The van der Waals surface area contributed by atoms with Gasteiger partial charge in [0.2, 0.25) is 0 Å². The van der Waals surface area contributed by atoms with E-state index in [2.05, 4.69) is 52.8 Å². The van der Waals surface area contributed by atoms with Gasteiger partial charge in [-0.15, -0.1) is 0 Å². The van der Waals surface area contributed by atoms with E-state index in [9.17, 15) is 0 Å². The minimum atomic E-state index is 0.363. The Bertz CT molecular complexity index is 940. The summed E-state index contributed by atoms with van der Waals surface area (Å²) in [5.74, 6) is 4.17. The lowest BCUT2D eigenvalue weighted by Crippen LogP contribution is -2.48. The minimum Gasteiger partial charge on any atom is -0.378 e. The number of aromatic nitrogens is 1. The number of hydrogen-bond donors (Lipinski definition) is 1. The van der Waals surface area contributed by atoms with Crippen molar-refractivity contribution in [1.82, 2.24) is 4.98 Å². The summed E-state index contributed by atoms with van der Waals surface area (Å²) in [5, 5.41) is 3.91. The lowest BCUT2D eigenvalue weighted by atomic mass is 9.48. The quantitative estimate of drug-likeness (QED) is 0.610. The van der Waals surface area contributed by atoms with Crippen LogP contribution in [0.15, 0.2) is 54.9 Å². The van der Waals surface area contributed by atoms with Crippen LogP contribution in [-0.4, -0.2) is 4.98 Å². The topological polar surface area (TPSA) is 24.9 Å². The lowest BCUT2D eigenvalue weighted by molar-refractivity contribution is -0.00523. The number of pyridine rings is 1. The highest BCUT2D eigenvalue weighted by molar-refractivity contribution is 5.61. The molecule has 3 atom stereocenters. The first-order valence-corrected chi connectivity index (χ1v) is 11.7. The Morgan fingerprint density at radius 3 is 2.48 bits per heavy atom. The van der Waals surface area contributed by atoms with Crippen molar-refractivity contribution in [3.8, 4) is 0 Å². The summed E-state index contributed by atoms with van der Waals surface area (Å²) in [6, 6.07) is 12.2. The monoisotopic (exact) mass is 382 g/mol. The predicted molar refractivity (Wildman–Crippen MR) is 117 cm³/mol. The first-order chi connectivity index (χ1) is 14.3. The SMILES string of the molecule is C1=C[C@@H]2c3cc(C45CC6CC(CC(C6)C4)C5)ccc3N[C@@H](c3cccnc3)[C@@H]2C1. The molecule has 6 aliphatic rings. The van der Waals surface area contributed by atoms with Crippen molar-refractivity contribution >= 4 is 5.69 Å². The standard InChI is InChI=1S/C27H30N2/c1-4-22-23(5-1)26(20-3-2-8-28-16-20)29-25-7-6-21(12-24(22)25)27-13-17-9-18(14-27)11-19(10-17)15-27/h1-4,6-8,12,16-19,22-23,26,29H,5,9-11,13-15H2/t17?,18?,19?,22-,23+,26-,27?/m0/s1. The third-order valence-electron chi connectivity index (χ3n) is 9.06. The van der Waals surface area contributed by atoms with E-state index < -0.39 is 0 Å². The molecule has 0 radical (unpaired) electrons. The highest BCUT2D eigenvalue weighted by Crippen LogP contribution is 2.61. The average Bonchev–Trinajstić information content (AvgIpc) is 3.23. The molecular formula is C27H30N2. The van der Waals surface area contributed by atoms with Crippen molar-refractivity contribution in [2.45, 2.75) is 62.3 Å². The maximum absolute atomic E-state index is 4.39. The van der Waals surface area contributed by atoms with Crippen LogP contribution in [0, 0.1) is 23.7 Å². The third kappa shape index (κ3) is 2.44. The molecule has 2 aromatic rings. The molecule has 29 heavy (non-hydrogen) atoms. The first-order valence-electron chi connectivity index (χ1n) is 11.7. The summed E-state index contributed by atoms with van der Waals surface area (Å²) in [6.07, 6.45) is 18.9. The number of anilines is 1. The van der Waals surface area contributed by atoms with Gasteiger partial charge in [-0.2, -0.15) is 0 Å². The van der Waals surface area contributed by atoms with Gasteiger partial charge >= 0.3 is 0 Å². The molecule has 2 heteroatoms. The van der Waals surface area contributed by atoms with Crippen molar-refractivity contribution in [3.05, 3.63) is 71.6 Å². The van der Waals surface area contributed by atoms with Crippen LogP contribution in [0.4, 0.5) is 5.69 Å². The normalized spacial score (nSPS) is 41.1. The van der Waals surface area contributed by atoms with Gasteiger partial charge in [0.25, 0.3) is 0 Å². The largest absolute Gasteiger partial charge is 0.378 e. The number of allylic oxidation sites excluding steroid dienone is 2. The van der Waals surface area contributed by atoms with Gasteiger partial charge in [0, 0.05) is 24.0 Å². The Morgan fingerprint density at radius 2 is 1.76 bits per heavy atom. The maximum Gasteiger partial charge on any atom is 0.0569 e.